The quantitative estimate of drug-likeness (QED) is 0.0648. The van der Waals surface area contributed by atoms with Crippen molar-refractivity contribution in [2.75, 3.05) is 83.8 Å². The van der Waals surface area contributed by atoms with Gasteiger partial charge in [0.25, 0.3) is 5.91 Å². The summed E-state index contributed by atoms with van der Waals surface area (Å²) in [5.41, 5.74) is 5.35. The lowest BCUT2D eigenvalue weighted by Crippen LogP contribution is -2.52. The summed E-state index contributed by atoms with van der Waals surface area (Å²) in [6, 6.07) is 39.7. The number of sulfone groups is 1. The highest BCUT2D eigenvalue weighted by molar-refractivity contribution is 7.90. The first-order chi connectivity index (χ1) is 33.4. The molecule has 0 aromatic heterocycles. The molecule has 15 heteroatoms. The maximum atomic E-state index is 13.1. The fourth-order valence-electron chi connectivity index (χ4n) is 8.99. The molecular formula is C54H57N5O9S. The van der Waals surface area contributed by atoms with Crippen LogP contribution in [0.15, 0.2) is 132 Å². The van der Waals surface area contributed by atoms with Crippen LogP contribution in [0.25, 0.3) is 21.9 Å². The van der Waals surface area contributed by atoms with Crippen LogP contribution in [0.2, 0.25) is 0 Å². The number of imide groups is 1. The molecule has 3 aliphatic rings. The van der Waals surface area contributed by atoms with Gasteiger partial charge in [-0.25, -0.2) is 8.42 Å². The molecule has 3 heterocycles. The zero-order chi connectivity index (χ0) is 47.9. The molecule has 0 saturated carbocycles. The molecule has 6 aromatic carbocycles. The summed E-state index contributed by atoms with van der Waals surface area (Å²) < 4.78 is 49.3. The van der Waals surface area contributed by atoms with Gasteiger partial charge in [0.1, 0.15) is 42.3 Å². The molecule has 3 amide bonds. The van der Waals surface area contributed by atoms with Gasteiger partial charge in [-0.05, 0) is 114 Å². The number of piperidine rings is 1. The zero-order valence-electron chi connectivity index (χ0n) is 39.0. The van der Waals surface area contributed by atoms with E-state index in [9.17, 15) is 22.8 Å². The van der Waals surface area contributed by atoms with Gasteiger partial charge in [0.05, 0.1) is 18.1 Å². The van der Waals surface area contributed by atoms with E-state index >= 15 is 0 Å². The van der Waals surface area contributed by atoms with Crippen molar-refractivity contribution in [3.8, 4) is 34.1 Å². The number of amides is 3. The molecule has 2 fully saturated rings. The second-order valence-corrected chi connectivity index (χ2v) is 19.8. The number of piperazine rings is 1. The Balaban J connectivity index is 0.711. The van der Waals surface area contributed by atoms with Crippen LogP contribution in [-0.4, -0.2) is 126 Å². The van der Waals surface area contributed by atoms with Gasteiger partial charge in [-0.2, -0.15) is 0 Å². The number of carbonyl (C=O) groups is 3. The maximum Gasteiger partial charge on any atom is 0.255 e. The molecule has 1 N–H and O–H groups in total. The maximum absolute atomic E-state index is 13.1. The van der Waals surface area contributed by atoms with Gasteiger partial charge in [-0.3, -0.25) is 24.6 Å². The minimum absolute atomic E-state index is 0.153. The molecule has 0 aliphatic carbocycles. The van der Waals surface area contributed by atoms with E-state index in [1.54, 1.807) is 29.2 Å². The highest BCUT2D eigenvalue weighted by Gasteiger charge is 2.39. The Kier molecular flexibility index (Phi) is 14.6. The first-order valence-corrected chi connectivity index (χ1v) is 25.3. The van der Waals surface area contributed by atoms with E-state index in [-0.39, 0.29) is 23.1 Å². The van der Waals surface area contributed by atoms with E-state index in [4.69, 9.17) is 18.9 Å². The third-order valence-corrected chi connectivity index (χ3v) is 14.1. The van der Waals surface area contributed by atoms with E-state index in [2.05, 4.69) is 33.1 Å². The number of carbonyl (C=O) groups excluding carboxylic acids is 3. The third-order valence-electron chi connectivity index (χ3n) is 13.0. The number of hydrogen-bond acceptors (Lipinski definition) is 12. The predicted octanol–water partition coefficient (Wildman–Crippen LogP) is 7.19. The Morgan fingerprint density at radius 2 is 1.45 bits per heavy atom. The molecule has 1 atom stereocenters. The molecular weight excluding hydrogens is 895 g/mol. The van der Waals surface area contributed by atoms with Crippen molar-refractivity contribution in [2.24, 2.45) is 0 Å². The van der Waals surface area contributed by atoms with Crippen molar-refractivity contribution in [1.82, 2.24) is 20.0 Å². The second kappa shape index (κ2) is 21.2. The largest absolute Gasteiger partial charge is 0.492 e. The minimum atomic E-state index is -3.35. The molecule has 0 bridgehead atoms. The van der Waals surface area contributed by atoms with Gasteiger partial charge in [-0.15, -0.1) is 0 Å². The minimum Gasteiger partial charge on any atom is -0.492 e. The van der Waals surface area contributed by atoms with Crippen molar-refractivity contribution in [2.45, 2.75) is 36.9 Å². The van der Waals surface area contributed by atoms with Gasteiger partial charge < -0.3 is 33.6 Å². The van der Waals surface area contributed by atoms with Crippen molar-refractivity contribution in [3.05, 3.63) is 144 Å². The second-order valence-electron chi connectivity index (χ2n) is 17.8. The first-order valence-electron chi connectivity index (χ1n) is 23.4. The highest BCUT2D eigenvalue weighted by Crippen LogP contribution is 2.41. The number of fused-ring (bicyclic) bond motifs is 2. The first kappa shape index (κ1) is 47.3. The van der Waals surface area contributed by atoms with Crippen LogP contribution in [0.1, 0.15) is 34.3 Å². The van der Waals surface area contributed by atoms with E-state index in [0.29, 0.717) is 56.5 Å². The van der Waals surface area contributed by atoms with Gasteiger partial charge in [0, 0.05) is 87.2 Å². The molecule has 9 rings (SSSR count). The van der Waals surface area contributed by atoms with Crippen LogP contribution in [0.4, 0.5) is 5.69 Å². The van der Waals surface area contributed by atoms with Crippen LogP contribution < -0.4 is 24.4 Å². The van der Waals surface area contributed by atoms with Gasteiger partial charge in [-0.1, -0.05) is 48.5 Å². The summed E-state index contributed by atoms with van der Waals surface area (Å²) in [6.45, 7) is 8.50. The number of nitrogens with one attached hydrogen (secondary N) is 1. The van der Waals surface area contributed by atoms with E-state index in [1.807, 2.05) is 97.1 Å². The van der Waals surface area contributed by atoms with E-state index in [1.165, 1.54) is 6.26 Å². The Bertz CT molecular complexity index is 2910. The molecule has 2 saturated heterocycles. The van der Waals surface area contributed by atoms with Crippen LogP contribution in [0.5, 0.6) is 23.0 Å². The molecule has 0 radical (unpaired) electrons. The number of ether oxygens (including phenoxy) is 4. The lowest BCUT2D eigenvalue weighted by molar-refractivity contribution is -0.136. The number of hydrogen-bond donors (Lipinski definition) is 1. The summed E-state index contributed by atoms with van der Waals surface area (Å²) in [4.78, 5) is 46.0. The fourth-order valence-corrected chi connectivity index (χ4v) is 9.62. The third kappa shape index (κ3) is 11.6. The fraction of sp³-hybridized carbons (Fsp3) is 0.315. The summed E-state index contributed by atoms with van der Waals surface area (Å²) in [7, 11) is -1.30. The summed E-state index contributed by atoms with van der Waals surface area (Å²) in [6.07, 6.45) is 1.80. The Hall–Kier alpha value is -6.78. The molecule has 1 unspecified atom stereocenters. The molecule has 0 spiro atoms. The molecule has 69 heavy (non-hydrogen) atoms. The van der Waals surface area contributed by atoms with Gasteiger partial charge >= 0.3 is 0 Å². The monoisotopic (exact) mass is 951 g/mol. The molecule has 3 aliphatic heterocycles. The highest BCUT2D eigenvalue weighted by atomic mass is 32.2. The average molecular weight is 952 g/mol. The van der Waals surface area contributed by atoms with Crippen molar-refractivity contribution >= 4 is 44.0 Å². The SMILES string of the molecule is CN(CCOCCN1CCN(c2ccc3c(c2)CN(C2CCC(=O)NC2=O)C3=O)CC1)CCOc1ccc(Oc2c(-c3ccc(S(C)(=O)=O)cc3)ccc3cc(OCc4ccccc4)ccc23)cc1. The van der Waals surface area contributed by atoms with E-state index < -0.39 is 21.8 Å². The van der Waals surface area contributed by atoms with Crippen molar-refractivity contribution in [3.63, 3.8) is 0 Å². The summed E-state index contributed by atoms with van der Waals surface area (Å²) >= 11 is 0. The lowest BCUT2D eigenvalue weighted by Gasteiger charge is -2.36. The molecule has 6 aromatic rings. The average Bonchev–Trinajstić information content (AvgIpc) is 3.68. The Labute approximate surface area is 403 Å². The van der Waals surface area contributed by atoms with Gasteiger partial charge in [0.2, 0.25) is 11.8 Å². The van der Waals surface area contributed by atoms with Crippen LogP contribution in [0.3, 0.4) is 0 Å². The Morgan fingerprint density at radius 3 is 2.20 bits per heavy atom. The molecule has 358 valence electrons. The number of benzene rings is 6. The van der Waals surface area contributed by atoms with Crippen LogP contribution in [0, 0.1) is 0 Å². The molecule has 14 nitrogen and oxygen atoms in total. The predicted molar refractivity (Wildman–Crippen MR) is 265 cm³/mol. The number of anilines is 1. The number of nitrogens with zero attached hydrogens (tertiary/aromatic N) is 4. The Morgan fingerprint density at radius 1 is 0.725 bits per heavy atom. The lowest BCUT2D eigenvalue weighted by atomic mass is 9.99. The van der Waals surface area contributed by atoms with E-state index in [0.717, 1.165) is 96.0 Å². The number of likely N-dealkylation sites (N-methyl/N-ethyl adjacent to an activating group) is 1. The zero-order valence-corrected chi connectivity index (χ0v) is 39.8. The van der Waals surface area contributed by atoms with Crippen LogP contribution in [-0.2, 0) is 37.3 Å². The topological polar surface area (TPSA) is 147 Å². The standard InChI is InChI=1S/C54H57N5O9S/c1-56(28-31-65-32-30-57-24-26-58(27-25-57)42-11-20-49-41(34-42)36-59(54(49)62)50-22-23-51(60)55-53(50)61)29-33-66-43-12-14-44(15-13-43)68-52-47(39-8-17-46(18-9-39)69(2,63)64)19-10-40-35-45(16-21-48(40)52)67-37-38-6-4-3-5-7-38/h3-21,34-35,50H,22-33,36-37H2,1-2H3,(H,55,60,61). The van der Waals surface area contributed by atoms with Crippen LogP contribution >= 0.6 is 0 Å². The summed E-state index contributed by atoms with van der Waals surface area (Å²) in [5.74, 6) is 1.90. The summed E-state index contributed by atoms with van der Waals surface area (Å²) in [5, 5.41) is 4.19. The normalized spacial score (nSPS) is 16.5. The van der Waals surface area contributed by atoms with Gasteiger partial charge in [0.15, 0.2) is 9.84 Å². The van der Waals surface area contributed by atoms with Crippen molar-refractivity contribution < 1.29 is 41.7 Å². The van der Waals surface area contributed by atoms with Crippen molar-refractivity contribution in [1.29, 1.82) is 0 Å². The smallest absolute Gasteiger partial charge is 0.255 e. The number of rotatable bonds is 19.